The molecule has 5 aromatic rings. The summed E-state index contributed by atoms with van der Waals surface area (Å²) in [6, 6.07) is 37.4. The number of benzene rings is 5. The summed E-state index contributed by atoms with van der Waals surface area (Å²) in [5.74, 6) is 0. The predicted octanol–water partition coefficient (Wildman–Crippen LogP) is 12.7. The van der Waals surface area contributed by atoms with E-state index in [0.29, 0.717) is 0 Å². The van der Waals surface area contributed by atoms with Crippen molar-refractivity contribution >= 4 is 17.1 Å². The Bertz CT molecular complexity index is 2020. The second kappa shape index (κ2) is 10.7. The smallest absolute Gasteiger partial charge is 0.0543 e. The quantitative estimate of drug-likeness (QED) is 0.194. The third-order valence-electron chi connectivity index (χ3n) is 12.0. The molecule has 0 saturated carbocycles. The van der Waals surface area contributed by atoms with Crippen molar-refractivity contribution in [2.24, 2.45) is 0 Å². The molecule has 0 aliphatic heterocycles. The van der Waals surface area contributed by atoms with Crippen LogP contribution in [0.5, 0.6) is 0 Å². The summed E-state index contributed by atoms with van der Waals surface area (Å²) in [7, 11) is 0. The van der Waals surface area contributed by atoms with E-state index in [0.717, 1.165) is 6.42 Å². The van der Waals surface area contributed by atoms with E-state index in [9.17, 15) is 0 Å². The molecular formula is C46H49N. The second-order valence-corrected chi connectivity index (χ2v) is 16.3. The van der Waals surface area contributed by atoms with Gasteiger partial charge < -0.3 is 4.90 Å². The summed E-state index contributed by atoms with van der Waals surface area (Å²) in [5, 5.41) is 0. The van der Waals surface area contributed by atoms with Gasteiger partial charge >= 0.3 is 0 Å². The van der Waals surface area contributed by atoms with E-state index < -0.39 is 0 Å². The zero-order valence-corrected chi connectivity index (χ0v) is 29.4. The van der Waals surface area contributed by atoms with Crippen LogP contribution in [0.4, 0.5) is 17.1 Å². The zero-order valence-electron chi connectivity index (χ0n) is 29.4. The van der Waals surface area contributed by atoms with Gasteiger partial charge in [0.2, 0.25) is 0 Å². The minimum absolute atomic E-state index is 0.0777. The van der Waals surface area contributed by atoms with Crippen LogP contribution in [0.25, 0.3) is 22.3 Å². The number of anilines is 3. The Morgan fingerprint density at radius 2 is 1.23 bits per heavy atom. The van der Waals surface area contributed by atoms with E-state index in [-0.39, 0.29) is 16.2 Å². The highest BCUT2D eigenvalue weighted by molar-refractivity contribution is 5.96. The fourth-order valence-corrected chi connectivity index (χ4v) is 9.29. The van der Waals surface area contributed by atoms with Gasteiger partial charge in [-0.3, -0.25) is 0 Å². The van der Waals surface area contributed by atoms with Gasteiger partial charge in [-0.05, 0) is 136 Å². The number of hydrogen-bond acceptors (Lipinski definition) is 1. The molecule has 0 bridgehead atoms. The summed E-state index contributed by atoms with van der Waals surface area (Å²) in [6.07, 6.45) is 7.22. The minimum Gasteiger partial charge on any atom is -0.309 e. The van der Waals surface area contributed by atoms with Gasteiger partial charge in [-0.1, -0.05) is 114 Å². The molecule has 47 heavy (non-hydrogen) atoms. The topological polar surface area (TPSA) is 3.24 Å². The summed E-state index contributed by atoms with van der Waals surface area (Å²) in [4.78, 5) is 2.65. The van der Waals surface area contributed by atoms with Crippen LogP contribution >= 0.6 is 0 Å². The fourth-order valence-electron chi connectivity index (χ4n) is 9.29. The Labute approximate surface area is 282 Å². The summed E-state index contributed by atoms with van der Waals surface area (Å²) >= 11 is 0. The Kier molecular flexibility index (Phi) is 6.89. The standard InChI is InChI=1S/C46H49N/c1-30-24-25-31-16-11-12-19-33(31)43(30)47(32-17-9-8-10-18-32)41-29-40-36(34-20-13-14-22-38(34)46(40,6)7)28-37(41)35-21-15-23-39-42(35)45(4,5)27-26-44(39,2)3/h8-10,13-15,17-18,20-25,28-29H,11-12,16,19,26-27H2,1-7H3. The molecule has 0 aromatic heterocycles. The van der Waals surface area contributed by atoms with Gasteiger partial charge in [0.25, 0.3) is 0 Å². The number of rotatable bonds is 4. The van der Waals surface area contributed by atoms with Crippen LogP contribution in [0, 0.1) is 6.92 Å². The number of hydrogen-bond donors (Lipinski definition) is 0. The van der Waals surface area contributed by atoms with Gasteiger partial charge in [0.15, 0.2) is 0 Å². The third kappa shape index (κ3) is 4.64. The van der Waals surface area contributed by atoms with Crippen LogP contribution in [0.15, 0.2) is 97.1 Å². The highest BCUT2D eigenvalue weighted by Crippen LogP contribution is 2.57. The first-order chi connectivity index (χ1) is 22.5. The van der Waals surface area contributed by atoms with Gasteiger partial charge in [0, 0.05) is 16.7 Å². The molecule has 0 radical (unpaired) electrons. The number of aryl methyl sites for hydroxylation is 2. The van der Waals surface area contributed by atoms with Crippen LogP contribution < -0.4 is 4.90 Å². The zero-order chi connectivity index (χ0) is 32.7. The first-order valence-electron chi connectivity index (χ1n) is 17.9. The van der Waals surface area contributed by atoms with Crippen LogP contribution in [0.1, 0.15) is 106 Å². The SMILES string of the molecule is Cc1ccc2c(c1N(c1ccccc1)c1cc3c(cc1-c1cccc4c1C(C)(C)CCC4(C)C)-c1ccccc1C3(C)C)CCCC2. The highest BCUT2D eigenvalue weighted by atomic mass is 15.2. The van der Waals surface area contributed by atoms with E-state index in [4.69, 9.17) is 0 Å². The molecule has 238 valence electrons. The molecule has 8 rings (SSSR count). The molecule has 5 aromatic carbocycles. The lowest BCUT2D eigenvalue weighted by Crippen LogP contribution is -2.34. The lowest BCUT2D eigenvalue weighted by Gasteiger charge is -2.43. The molecule has 0 amide bonds. The van der Waals surface area contributed by atoms with Crippen molar-refractivity contribution in [2.45, 2.75) is 103 Å². The van der Waals surface area contributed by atoms with Gasteiger partial charge in [0.1, 0.15) is 0 Å². The normalized spacial score (nSPS) is 18.1. The molecule has 1 heteroatoms. The molecule has 0 N–H and O–H groups in total. The fraction of sp³-hybridized carbons (Fsp3) is 0.348. The van der Waals surface area contributed by atoms with Crippen molar-refractivity contribution in [1.82, 2.24) is 0 Å². The van der Waals surface area contributed by atoms with Gasteiger partial charge in [-0.2, -0.15) is 0 Å². The number of para-hydroxylation sites is 1. The van der Waals surface area contributed by atoms with E-state index in [1.54, 1.807) is 0 Å². The summed E-state index contributed by atoms with van der Waals surface area (Å²) in [5.41, 5.74) is 19.8. The second-order valence-electron chi connectivity index (χ2n) is 16.3. The van der Waals surface area contributed by atoms with Crippen molar-refractivity contribution < 1.29 is 0 Å². The van der Waals surface area contributed by atoms with Crippen molar-refractivity contribution in [1.29, 1.82) is 0 Å². The minimum atomic E-state index is -0.0932. The maximum absolute atomic E-state index is 2.65. The molecule has 0 saturated heterocycles. The molecule has 0 fully saturated rings. The van der Waals surface area contributed by atoms with Crippen LogP contribution in [-0.2, 0) is 29.1 Å². The average molecular weight is 616 g/mol. The number of fused-ring (bicyclic) bond motifs is 5. The van der Waals surface area contributed by atoms with Crippen molar-refractivity contribution in [2.75, 3.05) is 4.90 Å². The monoisotopic (exact) mass is 615 g/mol. The third-order valence-corrected chi connectivity index (χ3v) is 12.0. The van der Waals surface area contributed by atoms with Gasteiger partial charge in [-0.25, -0.2) is 0 Å². The molecule has 0 spiro atoms. The van der Waals surface area contributed by atoms with Crippen LogP contribution in [0.3, 0.4) is 0 Å². The van der Waals surface area contributed by atoms with Gasteiger partial charge in [-0.15, -0.1) is 0 Å². The molecule has 0 heterocycles. The van der Waals surface area contributed by atoms with Gasteiger partial charge in [0.05, 0.1) is 11.4 Å². The lowest BCUT2D eigenvalue weighted by molar-refractivity contribution is 0.333. The highest BCUT2D eigenvalue weighted by Gasteiger charge is 2.41. The van der Waals surface area contributed by atoms with E-state index in [1.807, 2.05) is 0 Å². The Balaban J connectivity index is 1.51. The van der Waals surface area contributed by atoms with E-state index in [2.05, 4.69) is 150 Å². The molecule has 1 nitrogen and oxygen atoms in total. The Morgan fingerprint density at radius 3 is 2.04 bits per heavy atom. The maximum Gasteiger partial charge on any atom is 0.0543 e. The lowest BCUT2D eigenvalue weighted by atomic mass is 9.61. The first kappa shape index (κ1) is 30.2. The molecule has 3 aliphatic carbocycles. The Hall–Kier alpha value is -4.10. The summed E-state index contributed by atoms with van der Waals surface area (Å²) < 4.78 is 0. The number of nitrogens with zero attached hydrogens (tertiary/aromatic N) is 1. The molecule has 0 unspecified atom stereocenters. The van der Waals surface area contributed by atoms with E-state index in [1.165, 1.54) is 110 Å². The Morgan fingerprint density at radius 1 is 0.553 bits per heavy atom. The predicted molar refractivity (Wildman–Crippen MR) is 201 cm³/mol. The van der Waals surface area contributed by atoms with Crippen LogP contribution in [0.2, 0.25) is 0 Å². The molecule has 3 aliphatic rings. The van der Waals surface area contributed by atoms with Crippen LogP contribution in [-0.4, -0.2) is 0 Å². The average Bonchev–Trinajstić information content (AvgIpc) is 3.30. The largest absolute Gasteiger partial charge is 0.309 e. The van der Waals surface area contributed by atoms with Crippen molar-refractivity contribution in [3.8, 4) is 22.3 Å². The molecular weight excluding hydrogens is 567 g/mol. The maximum atomic E-state index is 2.65. The molecule has 0 atom stereocenters. The summed E-state index contributed by atoms with van der Waals surface area (Å²) in [6.45, 7) is 17.0. The van der Waals surface area contributed by atoms with E-state index >= 15 is 0 Å². The van der Waals surface area contributed by atoms with Crippen molar-refractivity contribution in [3.63, 3.8) is 0 Å². The first-order valence-corrected chi connectivity index (χ1v) is 17.9. The van der Waals surface area contributed by atoms with Crippen molar-refractivity contribution in [3.05, 3.63) is 136 Å².